The molecule has 0 saturated carbocycles. The molecule has 22 heavy (non-hydrogen) atoms. The van der Waals surface area contributed by atoms with E-state index in [1.165, 1.54) is 12.1 Å². The van der Waals surface area contributed by atoms with Gasteiger partial charge in [0.2, 0.25) is 0 Å². The number of phenols is 4. The molecule has 116 valence electrons. The minimum absolute atomic E-state index is 0.248. The number of para-hydroxylation sites is 2. The van der Waals surface area contributed by atoms with Crippen LogP contribution in [0, 0.1) is 0 Å². The van der Waals surface area contributed by atoms with E-state index in [0.717, 1.165) is 0 Å². The first-order chi connectivity index (χ1) is 10.3. The highest BCUT2D eigenvalue weighted by Gasteiger charge is 2.27. The molecule has 0 aliphatic rings. The lowest BCUT2D eigenvalue weighted by Gasteiger charge is -2.19. The van der Waals surface area contributed by atoms with E-state index < -0.39 is 11.8 Å². The predicted octanol–water partition coefficient (Wildman–Crippen LogP) is 2.99. The second kappa shape index (κ2) is 5.97. The number of carbonyl (C=O) groups excluding carboxylic acids is 1. The van der Waals surface area contributed by atoms with Crippen LogP contribution in [0.1, 0.15) is 36.8 Å². The largest absolute Gasteiger partial charge is 0.504 e. The minimum atomic E-state index is -0.677. The van der Waals surface area contributed by atoms with Crippen molar-refractivity contribution in [1.82, 2.24) is 0 Å². The molecule has 0 fully saturated rings. The van der Waals surface area contributed by atoms with E-state index in [-0.39, 0.29) is 28.8 Å². The van der Waals surface area contributed by atoms with Crippen molar-refractivity contribution in [3.63, 3.8) is 0 Å². The molecular formula is C17H18O5. The van der Waals surface area contributed by atoms with E-state index in [9.17, 15) is 25.2 Å². The predicted molar refractivity (Wildman–Crippen MR) is 81.4 cm³/mol. The van der Waals surface area contributed by atoms with Crippen LogP contribution >= 0.6 is 0 Å². The summed E-state index contributed by atoms with van der Waals surface area (Å²) < 4.78 is 0. The first kappa shape index (κ1) is 15.7. The second-order valence-corrected chi connectivity index (χ2v) is 5.28. The van der Waals surface area contributed by atoms with Gasteiger partial charge in [0.15, 0.2) is 23.0 Å². The van der Waals surface area contributed by atoms with Gasteiger partial charge in [-0.25, -0.2) is 0 Å². The summed E-state index contributed by atoms with van der Waals surface area (Å²) in [6, 6.07) is 8.88. The number of Topliss-reactive ketones (excluding diaryl/α,β-unsaturated/α-hetero) is 1. The standard InChI is InChI=1S/C17H18O5/c1-9(11-5-3-7-13(18)16(11)21)15(20)10(2)12-6-4-8-14(19)17(12)22/h3-10,18-19,21-22H,1-2H3. The third-order valence-corrected chi connectivity index (χ3v) is 3.88. The lowest BCUT2D eigenvalue weighted by atomic mass is 9.85. The van der Waals surface area contributed by atoms with Gasteiger partial charge in [-0.3, -0.25) is 4.79 Å². The number of phenolic OH excluding ortho intramolecular Hbond substituents is 4. The molecule has 0 aliphatic carbocycles. The van der Waals surface area contributed by atoms with Crippen molar-refractivity contribution < 1.29 is 25.2 Å². The van der Waals surface area contributed by atoms with Gasteiger partial charge in [-0.15, -0.1) is 0 Å². The van der Waals surface area contributed by atoms with E-state index in [4.69, 9.17) is 0 Å². The molecule has 2 atom stereocenters. The van der Waals surface area contributed by atoms with Crippen LogP contribution in [0.2, 0.25) is 0 Å². The van der Waals surface area contributed by atoms with Gasteiger partial charge in [0.1, 0.15) is 5.78 Å². The Kier molecular flexibility index (Phi) is 4.26. The van der Waals surface area contributed by atoms with Crippen molar-refractivity contribution in [2.24, 2.45) is 0 Å². The fraction of sp³-hybridized carbons (Fsp3) is 0.235. The number of hydrogen-bond acceptors (Lipinski definition) is 5. The van der Waals surface area contributed by atoms with E-state index in [2.05, 4.69) is 0 Å². The van der Waals surface area contributed by atoms with Gasteiger partial charge in [-0.1, -0.05) is 38.1 Å². The Morgan fingerprint density at radius 1 is 0.773 bits per heavy atom. The van der Waals surface area contributed by atoms with Gasteiger partial charge in [0.25, 0.3) is 0 Å². The number of benzene rings is 2. The molecule has 0 bridgehead atoms. The summed E-state index contributed by atoms with van der Waals surface area (Å²) in [7, 11) is 0. The van der Waals surface area contributed by atoms with Crippen LogP contribution in [0.15, 0.2) is 36.4 Å². The van der Waals surface area contributed by atoms with Crippen molar-refractivity contribution >= 4 is 5.78 Å². The molecule has 0 radical (unpaired) electrons. The van der Waals surface area contributed by atoms with Crippen molar-refractivity contribution in [2.75, 3.05) is 0 Å². The van der Waals surface area contributed by atoms with Crippen molar-refractivity contribution in [1.29, 1.82) is 0 Å². The topological polar surface area (TPSA) is 98.0 Å². The van der Waals surface area contributed by atoms with Crippen molar-refractivity contribution in [3.05, 3.63) is 47.5 Å². The van der Waals surface area contributed by atoms with Crippen LogP contribution in [-0.2, 0) is 4.79 Å². The highest BCUT2D eigenvalue weighted by atomic mass is 16.3. The Labute approximate surface area is 128 Å². The maximum Gasteiger partial charge on any atom is 0.161 e. The Balaban J connectivity index is 2.34. The van der Waals surface area contributed by atoms with Gasteiger partial charge in [0.05, 0.1) is 0 Å². The molecule has 2 unspecified atom stereocenters. The number of hydrogen-bond donors (Lipinski definition) is 4. The lowest BCUT2D eigenvalue weighted by molar-refractivity contribution is -0.121. The molecule has 4 N–H and O–H groups in total. The fourth-order valence-corrected chi connectivity index (χ4v) is 2.48. The van der Waals surface area contributed by atoms with Gasteiger partial charge < -0.3 is 20.4 Å². The molecule has 5 nitrogen and oxygen atoms in total. The molecule has 2 rings (SSSR count). The van der Waals surface area contributed by atoms with Crippen LogP contribution < -0.4 is 0 Å². The maximum atomic E-state index is 12.6. The number of rotatable bonds is 4. The highest BCUT2D eigenvalue weighted by Crippen LogP contribution is 2.39. The summed E-state index contributed by atoms with van der Waals surface area (Å²) >= 11 is 0. The van der Waals surface area contributed by atoms with Gasteiger partial charge in [-0.2, -0.15) is 0 Å². The van der Waals surface area contributed by atoms with Gasteiger partial charge in [-0.05, 0) is 12.1 Å². The third kappa shape index (κ3) is 2.70. The maximum absolute atomic E-state index is 12.6. The molecule has 0 aliphatic heterocycles. The normalized spacial score (nSPS) is 13.5. The van der Waals surface area contributed by atoms with Gasteiger partial charge >= 0.3 is 0 Å². The Hall–Kier alpha value is -2.69. The molecular weight excluding hydrogens is 284 g/mol. The zero-order valence-corrected chi connectivity index (χ0v) is 12.3. The Morgan fingerprint density at radius 3 is 1.50 bits per heavy atom. The molecule has 0 saturated heterocycles. The fourth-order valence-electron chi connectivity index (χ4n) is 2.48. The van der Waals surface area contributed by atoms with Crippen molar-refractivity contribution in [3.8, 4) is 23.0 Å². The van der Waals surface area contributed by atoms with E-state index in [1.54, 1.807) is 38.1 Å². The summed E-state index contributed by atoms with van der Waals surface area (Å²) in [6.45, 7) is 3.24. The van der Waals surface area contributed by atoms with E-state index in [1.807, 2.05) is 0 Å². The molecule has 0 spiro atoms. The van der Waals surface area contributed by atoms with Crippen molar-refractivity contribution in [2.45, 2.75) is 25.7 Å². The second-order valence-electron chi connectivity index (χ2n) is 5.28. The molecule has 0 aromatic heterocycles. The monoisotopic (exact) mass is 302 g/mol. The van der Waals surface area contributed by atoms with Crippen LogP contribution in [0.5, 0.6) is 23.0 Å². The summed E-state index contributed by atoms with van der Waals surface area (Å²) in [6.07, 6.45) is 0. The quantitative estimate of drug-likeness (QED) is 0.651. The molecule has 2 aromatic carbocycles. The molecule has 2 aromatic rings. The SMILES string of the molecule is CC(C(=O)C(C)c1cccc(O)c1O)c1cccc(O)c1O. The average molecular weight is 302 g/mol. The number of aromatic hydroxyl groups is 4. The summed E-state index contributed by atoms with van der Waals surface area (Å²) in [5.41, 5.74) is 0.632. The number of ketones is 1. The van der Waals surface area contributed by atoms with Crippen LogP contribution in [-0.4, -0.2) is 26.2 Å². The lowest BCUT2D eigenvalue weighted by Crippen LogP contribution is -2.16. The third-order valence-electron chi connectivity index (χ3n) is 3.88. The smallest absolute Gasteiger partial charge is 0.161 e. The molecule has 0 heterocycles. The van der Waals surface area contributed by atoms with Crippen LogP contribution in [0.25, 0.3) is 0 Å². The number of carbonyl (C=O) groups is 1. The first-order valence-electron chi connectivity index (χ1n) is 6.90. The molecule has 5 heteroatoms. The van der Waals surface area contributed by atoms with E-state index in [0.29, 0.717) is 11.1 Å². The highest BCUT2D eigenvalue weighted by molar-refractivity contribution is 5.92. The summed E-state index contributed by atoms with van der Waals surface area (Å²) in [5.74, 6) is -2.82. The van der Waals surface area contributed by atoms with Gasteiger partial charge in [0, 0.05) is 23.0 Å². The average Bonchev–Trinajstić information content (AvgIpc) is 2.50. The van der Waals surface area contributed by atoms with Crippen LogP contribution in [0.3, 0.4) is 0 Å². The summed E-state index contributed by atoms with van der Waals surface area (Å²) in [4.78, 5) is 12.6. The summed E-state index contributed by atoms with van der Waals surface area (Å²) in [5, 5.41) is 38.8. The Morgan fingerprint density at radius 2 is 1.14 bits per heavy atom. The zero-order chi connectivity index (χ0) is 16.4. The minimum Gasteiger partial charge on any atom is -0.504 e. The van der Waals surface area contributed by atoms with Crippen LogP contribution in [0.4, 0.5) is 0 Å². The molecule has 0 amide bonds. The first-order valence-corrected chi connectivity index (χ1v) is 6.90. The zero-order valence-electron chi connectivity index (χ0n) is 12.3. The van der Waals surface area contributed by atoms with E-state index >= 15 is 0 Å². The Bertz CT molecular complexity index is 649.